The third-order valence-corrected chi connectivity index (χ3v) is 3.15. The highest BCUT2D eigenvalue weighted by Gasteiger charge is 2.15. The van der Waals surface area contributed by atoms with E-state index in [-0.39, 0.29) is 23.7 Å². The third-order valence-electron chi connectivity index (χ3n) is 3.15. The van der Waals surface area contributed by atoms with E-state index >= 15 is 0 Å². The van der Waals surface area contributed by atoms with Gasteiger partial charge in [0.05, 0.1) is 25.9 Å². The van der Waals surface area contributed by atoms with E-state index in [9.17, 15) is 10.2 Å². The summed E-state index contributed by atoms with van der Waals surface area (Å²) < 4.78 is 10.7. The first-order valence-electron chi connectivity index (χ1n) is 7.74. The van der Waals surface area contributed by atoms with Crippen molar-refractivity contribution in [1.29, 1.82) is 0 Å². The minimum atomic E-state index is -0.623. The molecule has 0 aliphatic heterocycles. The van der Waals surface area contributed by atoms with Crippen LogP contribution in [0.2, 0.25) is 0 Å². The monoisotopic (exact) mass is 347 g/mol. The Balaban J connectivity index is 0.00000484. The van der Waals surface area contributed by atoms with Crippen molar-refractivity contribution < 1.29 is 19.7 Å². The van der Waals surface area contributed by atoms with Crippen LogP contribution in [0.1, 0.15) is 44.9 Å². The summed E-state index contributed by atoms with van der Waals surface area (Å²) in [5, 5.41) is 23.4. The van der Waals surface area contributed by atoms with Crippen LogP contribution in [-0.2, 0) is 16.1 Å². The standard InChI is InChI=1S/C17H29NO4.ClH/c1-5-21-8-9-22-12-14-10-13(6-7-15(14)19)16(20)11-18-17(2,3)4;/h6-7,10,16,18-20H,5,8-9,11-12H2,1-4H3;1H. The topological polar surface area (TPSA) is 71.0 Å². The summed E-state index contributed by atoms with van der Waals surface area (Å²) in [6.07, 6.45) is -0.623. The van der Waals surface area contributed by atoms with Gasteiger partial charge in [-0.2, -0.15) is 0 Å². The fraction of sp³-hybridized carbons (Fsp3) is 0.647. The van der Waals surface area contributed by atoms with Crippen LogP contribution in [0.3, 0.4) is 0 Å². The molecule has 0 radical (unpaired) electrons. The molecule has 0 aliphatic carbocycles. The van der Waals surface area contributed by atoms with Crippen LogP contribution in [0.5, 0.6) is 5.75 Å². The average molecular weight is 348 g/mol. The fourth-order valence-corrected chi connectivity index (χ4v) is 1.89. The van der Waals surface area contributed by atoms with Gasteiger partial charge in [-0.15, -0.1) is 12.4 Å². The van der Waals surface area contributed by atoms with Gasteiger partial charge in [0.15, 0.2) is 0 Å². The number of hydrogen-bond acceptors (Lipinski definition) is 5. The number of halogens is 1. The summed E-state index contributed by atoms with van der Waals surface area (Å²) in [6, 6.07) is 5.11. The first-order valence-corrected chi connectivity index (χ1v) is 7.74. The molecule has 0 aliphatic rings. The molecular formula is C17H30ClNO4. The number of ether oxygens (including phenoxy) is 2. The Kier molecular flexibility index (Phi) is 10.4. The normalized spacial score (nSPS) is 12.7. The van der Waals surface area contributed by atoms with E-state index in [0.29, 0.717) is 38.5 Å². The van der Waals surface area contributed by atoms with Crippen LogP contribution >= 0.6 is 12.4 Å². The predicted molar refractivity (Wildman–Crippen MR) is 94.2 cm³/mol. The molecule has 0 saturated carbocycles. The fourth-order valence-electron chi connectivity index (χ4n) is 1.89. The SMILES string of the molecule is CCOCCOCc1cc(C(O)CNC(C)(C)C)ccc1O.Cl. The van der Waals surface area contributed by atoms with Crippen molar-refractivity contribution in [3.8, 4) is 5.75 Å². The van der Waals surface area contributed by atoms with Crippen molar-refractivity contribution in [2.24, 2.45) is 0 Å². The molecule has 23 heavy (non-hydrogen) atoms. The molecule has 0 amide bonds. The van der Waals surface area contributed by atoms with Crippen LogP contribution in [0.4, 0.5) is 0 Å². The first kappa shape index (κ1) is 22.1. The molecule has 0 saturated heterocycles. The Hall–Kier alpha value is -0.850. The number of benzene rings is 1. The Labute approximate surface area is 145 Å². The average Bonchev–Trinajstić information content (AvgIpc) is 2.45. The minimum Gasteiger partial charge on any atom is -0.508 e. The molecule has 134 valence electrons. The van der Waals surface area contributed by atoms with Gasteiger partial charge < -0.3 is 25.0 Å². The number of rotatable bonds is 9. The number of phenolic OH excluding ortho intramolecular Hbond substituents is 1. The van der Waals surface area contributed by atoms with Crippen molar-refractivity contribution in [1.82, 2.24) is 5.32 Å². The largest absolute Gasteiger partial charge is 0.508 e. The molecule has 0 heterocycles. The number of aliphatic hydroxyl groups is 1. The van der Waals surface area contributed by atoms with Gasteiger partial charge in [-0.3, -0.25) is 0 Å². The lowest BCUT2D eigenvalue weighted by atomic mass is 10.0. The van der Waals surface area contributed by atoms with E-state index in [1.54, 1.807) is 18.2 Å². The quantitative estimate of drug-likeness (QED) is 0.599. The summed E-state index contributed by atoms with van der Waals surface area (Å²) in [7, 11) is 0. The molecular weight excluding hydrogens is 318 g/mol. The van der Waals surface area contributed by atoms with Crippen molar-refractivity contribution >= 4 is 12.4 Å². The summed E-state index contributed by atoms with van der Waals surface area (Å²) in [6.45, 7) is 10.5. The van der Waals surface area contributed by atoms with Crippen molar-refractivity contribution in [2.45, 2.75) is 45.9 Å². The number of phenols is 1. The van der Waals surface area contributed by atoms with Crippen LogP contribution in [0.15, 0.2) is 18.2 Å². The Morgan fingerprint density at radius 1 is 1.17 bits per heavy atom. The van der Waals surface area contributed by atoms with Gasteiger partial charge in [-0.25, -0.2) is 0 Å². The smallest absolute Gasteiger partial charge is 0.121 e. The number of aromatic hydroxyl groups is 1. The second-order valence-corrected chi connectivity index (χ2v) is 6.28. The molecule has 0 bridgehead atoms. The zero-order chi connectivity index (χ0) is 16.6. The van der Waals surface area contributed by atoms with Gasteiger partial charge in [0.2, 0.25) is 0 Å². The molecule has 5 nitrogen and oxygen atoms in total. The molecule has 0 spiro atoms. The van der Waals surface area contributed by atoms with E-state index in [4.69, 9.17) is 9.47 Å². The van der Waals surface area contributed by atoms with Gasteiger partial charge in [0.1, 0.15) is 5.75 Å². The zero-order valence-corrected chi connectivity index (χ0v) is 15.3. The summed E-state index contributed by atoms with van der Waals surface area (Å²) in [5.74, 6) is 0.177. The number of nitrogens with one attached hydrogen (secondary N) is 1. The van der Waals surface area contributed by atoms with Crippen LogP contribution in [0.25, 0.3) is 0 Å². The highest BCUT2D eigenvalue weighted by molar-refractivity contribution is 5.85. The molecule has 1 unspecified atom stereocenters. The van der Waals surface area contributed by atoms with E-state index < -0.39 is 6.10 Å². The highest BCUT2D eigenvalue weighted by Crippen LogP contribution is 2.23. The molecule has 0 fully saturated rings. The van der Waals surface area contributed by atoms with Gasteiger partial charge in [0, 0.05) is 24.3 Å². The molecule has 6 heteroatoms. The Morgan fingerprint density at radius 2 is 1.83 bits per heavy atom. The number of aliphatic hydroxyl groups excluding tert-OH is 1. The number of β-amino-alcohol motifs (C(OH)–C–C–N with tert-alkyl or cyclic N) is 1. The molecule has 0 aromatic heterocycles. The molecule has 1 rings (SSSR count). The van der Waals surface area contributed by atoms with E-state index in [2.05, 4.69) is 5.32 Å². The molecule has 1 aromatic carbocycles. The molecule has 1 atom stereocenters. The van der Waals surface area contributed by atoms with Gasteiger partial charge in [0.25, 0.3) is 0 Å². The van der Waals surface area contributed by atoms with E-state index in [0.717, 1.165) is 5.56 Å². The minimum absolute atomic E-state index is 0. The lowest BCUT2D eigenvalue weighted by molar-refractivity contribution is 0.0445. The molecule has 1 aromatic rings. The maximum Gasteiger partial charge on any atom is 0.121 e. The van der Waals surface area contributed by atoms with Crippen LogP contribution in [0, 0.1) is 0 Å². The molecule has 3 N–H and O–H groups in total. The van der Waals surface area contributed by atoms with Crippen LogP contribution in [-0.4, -0.2) is 42.1 Å². The van der Waals surface area contributed by atoms with E-state index in [1.807, 2.05) is 27.7 Å². The van der Waals surface area contributed by atoms with Crippen molar-refractivity contribution in [3.63, 3.8) is 0 Å². The third kappa shape index (κ3) is 9.13. The first-order chi connectivity index (χ1) is 10.3. The zero-order valence-electron chi connectivity index (χ0n) is 14.5. The second kappa shape index (κ2) is 10.8. The maximum absolute atomic E-state index is 10.2. The maximum atomic E-state index is 10.2. The van der Waals surface area contributed by atoms with Gasteiger partial charge in [-0.1, -0.05) is 6.07 Å². The second-order valence-electron chi connectivity index (χ2n) is 6.28. The Bertz CT molecular complexity index is 449. The van der Waals surface area contributed by atoms with Gasteiger partial charge >= 0.3 is 0 Å². The lowest BCUT2D eigenvalue weighted by Gasteiger charge is -2.23. The number of hydrogen-bond donors (Lipinski definition) is 3. The van der Waals surface area contributed by atoms with Crippen LogP contribution < -0.4 is 5.32 Å². The van der Waals surface area contributed by atoms with Gasteiger partial charge in [-0.05, 0) is 45.4 Å². The predicted octanol–water partition coefficient (Wildman–Crippen LogP) is 2.79. The lowest BCUT2D eigenvalue weighted by Crippen LogP contribution is -2.38. The van der Waals surface area contributed by atoms with E-state index in [1.165, 1.54) is 0 Å². The summed E-state index contributed by atoms with van der Waals surface area (Å²) >= 11 is 0. The summed E-state index contributed by atoms with van der Waals surface area (Å²) in [5.41, 5.74) is 1.38. The summed E-state index contributed by atoms with van der Waals surface area (Å²) in [4.78, 5) is 0. The Morgan fingerprint density at radius 3 is 2.43 bits per heavy atom. The van der Waals surface area contributed by atoms with Crippen molar-refractivity contribution in [2.75, 3.05) is 26.4 Å². The van der Waals surface area contributed by atoms with Crippen molar-refractivity contribution in [3.05, 3.63) is 29.3 Å². The highest BCUT2D eigenvalue weighted by atomic mass is 35.5.